The first-order valence-corrected chi connectivity index (χ1v) is 8.32. The minimum absolute atomic E-state index is 0. The Bertz CT molecular complexity index is 604. The summed E-state index contributed by atoms with van der Waals surface area (Å²) in [5.74, 6) is -0.806. The number of amides is 2. The zero-order chi connectivity index (χ0) is 17.1. The van der Waals surface area contributed by atoms with E-state index in [9.17, 15) is 19.6 Å². The quantitative estimate of drug-likeness (QED) is 0.541. The lowest BCUT2D eigenvalue weighted by Gasteiger charge is -2.26. The van der Waals surface area contributed by atoms with Gasteiger partial charge < -0.3 is 25.6 Å². The van der Waals surface area contributed by atoms with Crippen molar-refractivity contribution >= 4 is 31.3 Å². The molecule has 0 radical (unpaired) electrons. The molecule has 0 spiro atoms. The highest BCUT2D eigenvalue weighted by Crippen LogP contribution is 2.21. The van der Waals surface area contributed by atoms with Crippen LogP contribution in [0, 0.1) is 0 Å². The summed E-state index contributed by atoms with van der Waals surface area (Å²) in [5.41, 5.74) is 0.593. The Balaban J connectivity index is 0.00000225. The molecule has 4 N–H and O–H groups in total. The molecule has 1 aromatic carbocycles. The van der Waals surface area contributed by atoms with E-state index in [1.54, 1.807) is 17.0 Å². The maximum Gasteiger partial charge on any atom is 0.475 e. The lowest BCUT2D eigenvalue weighted by atomic mass is 9.77. The summed E-state index contributed by atoms with van der Waals surface area (Å²) in [6, 6.07) is 8.45. The monoisotopic (exact) mass is 367 g/mol. The molecule has 2 fully saturated rings. The molecule has 2 aliphatic heterocycles. The van der Waals surface area contributed by atoms with Crippen LogP contribution in [0.5, 0.6) is 0 Å². The van der Waals surface area contributed by atoms with Crippen molar-refractivity contribution in [1.29, 1.82) is 0 Å². The predicted molar refractivity (Wildman–Crippen MR) is 96.3 cm³/mol. The number of hydrogen-bond acceptors (Lipinski definition) is 5. The lowest BCUT2D eigenvalue weighted by Crippen LogP contribution is -2.51. The Kier molecular flexibility index (Phi) is 6.83. The van der Waals surface area contributed by atoms with Crippen LogP contribution in [0.1, 0.15) is 29.6 Å². The Hall–Kier alpha value is -1.61. The van der Waals surface area contributed by atoms with Crippen LogP contribution in [0.4, 0.5) is 0 Å². The van der Waals surface area contributed by atoms with Gasteiger partial charge in [-0.05, 0) is 31.4 Å². The SMILES string of the molecule is Cl.O=C(N[C@@H]1CN[C@H](C(=O)N2CCC[C@H]2B(O)O)C1)c1ccccc1. The molecule has 9 heteroatoms. The Morgan fingerprint density at radius 2 is 1.96 bits per heavy atom. The highest BCUT2D eigenvalue weighted by Gasteiger charge is 2.41. The predicted octanol–water partition coefficient (Wildman–Crippen LogP) is -0.428. The van der Waals surface area contributed by atoms with E-state index in [1.807, 2.05) is 18.2 Å². The van der Waals surface area contributed by atoms with E-state index in [0.717, 1.165) is 6.42 Å². The molecule has 3 atom stereocenters. The topological polar surface area (TPSA) is 102 Å². The number of hydrogen-bond donors (Lipinski definition) is 4. The van der Waals surface area contributed by atoms with Crippen LogP contribution in [0.3, 0.4) is 0 Å². The lowest BCUT2D eigenvalue weighted by molar-refractivity contribution is -0.133. The standard InChI is InChI=1S/C16H22BN3O4.ClH/c21-15(11-5-2-1-3-6-11)19-12-9-13(18-10-12)16(22)20-8-4-7-14(20)17(23)24;/h1-3,5-6,12-14,18,23-24H,4,7-10H2,(H,19,21);1H/t12-,13-,14-;/m0./s1. The van der Waals surface area contributed by atoms with Crippen LogP contribution in [0.2, 0.25) is 0 Å². The van der Waals surface area contributed by atoms with E-state index in [0.29, 0.717) is 31.5 Å². The van der Waals surface area contributed by atoms with Gasteiger partial charge >= 0.3 is 7.12 Å². The van der Waals surface area contributed by atoms with E-state index in [2.05, 4.69) is 10.6 Å². The highest BCUT2D eigenvalue weighted by atomic mass is 35.5. The minimum Gasteiger partial charge on any atom is -0.426 e. The first kappa shape index (κ1) is 19.7. The zero-order valence-corrected chi connectivity index (χ0v) is 14.6. The summed E-state index contributed by atoms with van der Waals surface area (Å²) in [5, 5.41) is 24.9. The third-order valence-electron chi connectivity index (χ3n) is 4.73. The fourth-order valence-electron chi connectivity index (χ4n) is 3.47. The Morgan fingerprint density at radius 1 is 1.24 bits per heavy atom. The van der Waals surface area contributed by atoms with Crippen LogP contribution in [0.25, 0.3) is 0 Å². The summed E-state index contributed by atoms with van der Waals surface area (Å²) >= 11 is 0. The molecule has 7 nitrogen and oxygen atoms in total. The van der Waals surface area contributed by atoms with E-state index < -0.39 is 19.1 Å². The molecule has 2 saturated heterocycles. The van der Waals surface area contributed by atoms with Crippen molar-refractivity contribution in [3.8, 4) is 0 Å². The van der Waals surface area contributed by atoms with Crippen molar-refractivity contribution in [2.45, 2.75) is 37.3 Å². The van der Waals surface area contributed by atoms with Gasteiger partial charge in [-0.15, -0.1) is 12.4 Å². The van der Waals surface area contributed by atoms with Gasteiger partial charge in [0.1, 0.15) is 0 Å². The third kappa shape index (κ3) is 4.52. The molecule has 0 unspecified atom stereocenters. The summed E-state index contributed by atoms with van der Waals surface area (Å²) in [6.07, 6.45) is 1.88. The van der Waals surface area contributed by atoms with Gasteiger partial charge in [0.15, 0.2) is 0 Å². The Labute approximate surface area is 153 Å². The fourth-order valence-corrected chi connectivity index (χ4v) is 3.47. The molecule has 0 bridgehead atoms. The molecule has 0 aliphatic carbocycles. The summed E-state index contributed by atoms with van der Waals surface area (Å²) in [7, 11) is -1.51. The normalized spacial score (nSPS) is 25.4. The van der Waals surface area contributed by atoms with Crippen molar-refractivity contribution in [3.63, 3.8) is 0 Å². The number of halogens is 1. The van der Waals surface area contributed by atoms with Crippen LogP contribution < -0.4 is 10.6 Å². The van der Waals surface area contributed by atoms with Crippen LogP contribution >= 0.6 is 12.4 Å². The molecular formula is C16H23BClN3O4. The second-order valence-corrected chi connectivity index (χ2v) is 6.39. The second-order valence-electron chi connectivity index (χ2n) is 6.39. The maximum atomic E-state index is 12.6. The van der Waals surface area contributed by atoms with E-state index in [4.69, 9.17) is 0 Å². The average Bonchev–Trinajstić information content (AvgIpc) is 3.24. The minimum atomic E-state index is -1.51. The van der Waals surface area contributed by atoms with Gasteiger partial charge in [-0.2, -0.15) is 0 Å². The van der Waals surface area contributed by atoms with Gasteiger partial charge in [0.2, 0.25) is 5.91 Å². The van der Waals surface area contributed by atoms with Crippen molar-refractivity contribution in [3.05, 3.63) is 35.9 Å². The number of carbonyl (C=O) groups is 2. The van der Waals surface area contributed by atoms with Crippen LogP contribution in [0.15, 0.2) is 30.3 Å². The first-order valence-electron chi connectivity index (χ1n) is 8.32. The van der Waals surface area contributed by atoms with Gasteiger partial charge in [0.25, 0.3) is 5.91 Å². The van der Waals surface area contributed by atoms with Crippen LogP contribution in [-0.2, 0) is 4.79 Å². The van der Waals surface area contributed by atoms with Gasteiger partial charge in [-0.3, -0.25) is 9.59 Å². The summed E-state index contributed by atoms with van der Waals surface area (Å²) < 4.78 is 0. The largest absolute Gasteiger partial charge is 0.475 e. The van der Waals surface area contributed by atoms with Crippen molar-refractivity contribution in [2.75, 3.05) is 13.1 Å². The van der Waals surface area contributed by atoms with Crippen molar-refractivity contribution in [1.82, 2.24) is 15.5 Å². The number of nitrogens with zero attached hydrogens (tertiary/aromatic N) is 1. The second kappa shape index (κ2) is 8.67. The highest BCUT2D eigenvalue weighted by molar-refractivity contribution is 6.43. The molecule has 25 heavy (non-hydrogen) atoms. The van der Waals surface area contributed by atoms with E-state index in [-0.39, 0.29) is 30.3 Å². The smallest absolute Gasteiger partial charge is 0.426 e. The number of nitrogens with one attached hydrogen (secondary N) is 2. The fraction of sp³-hybridized carbons (Fsp3) is 0.500. The molecule has 2 heterocycles. The first-order chi connectivity index (χ1) is 11.6. The third-order valence-corrected chi connectivity index (χ3v) is 4.73. The van der Waals surface area contributed by atoms with Crippen LogP contribution in [-0.4, -0.2) is 65.0 Å². The number of rotatable bonds is 4. The number of benzene rings is 1. The molecule has 2 aliphatic rings. The summed E-state index contributed by atoms with van der Waals surface area (Å²) in [6.45, 7) is 1.06. The molecule has 2 amide bonds. The molecule has 0 aromatic heterocycles. The van der Waals surface area contributed by atoms with Gasteiger partial charge in [-0.25, -0.2) is 0 Å². The van der Waals surface area contributed by atoms with E-state index >= 15 is 0 Å². The molecule has 136 valence electrons. The van der Waals surface area contributed by atoms with E-state index in [1.165, 1.54) is 0 Å². The maximum absolute atomic E-state index is 12.6. The molecular weight excluding hydrogens is 344 g/mol. The van der Waals surface area contributed by atoms with Crippen molar-refractivity contribution < 1.29 is 19.6 Å². The van der Waals surface area contributed by atoms with Crippen molar-refractivity contribution in [2.24, 2.45) is 0 Å². The molecule has 0 saturated carbocycles. The molecule has 3 rings (SSSR count). The van der Waals surface area contributed by atoms with Gasteiger partial charge in [0.05, 0.1) is 12.0 Å². The van der Waals surface area contributed by atoms with Gasteiger partial charge in [0, 0.05) is 24.7 Å². The number of likely N-dealkylation sites (tertiary alicyclic amines) is 1. The number of carbonyl (C=O) groups excluding carboxylic acids is 2. The summed E-state index contributed by atoms with van der Waals surface area (Å²) in [4.78, 5) is 26.3. The zero-order valence-electron chi connectivity index (χ0n) is 13.8. The average molecular weight is 368 g/mol. The van der Waals surface area contributed by atoms with Gasteiger partial charge in [-0.1, -0.05) is 18.2 Å². The Morgan fingerprint density at radius 3 is 2.64 bits per heavy atom. The molecule has 1 aromatic rings.